The van der Waals surface area contributed by atoms with E-state index in [9.17, 15) is 0 Å². The number of likely N-dealkylation sites (tertiary alicyclic amines) is 1. The molecule has 1 aromatic carbocycles. The van der Waals surface area contributed by atoms with Gasteiger partial charge in [-0.3, -0.25) is 4.99 Å². The van der Waals surface area contributed by atoms with Crippen LogP contribution in [-0.2, 0) is 15.9 Å². The Bertz CT molecular complexity index is 605. The molecule has 1 aliphatic rings. The predicted octanol–water partition coefficient (Wildman–Crippen LogP) is 3.37. The first-order valence-corrected chi connectivity index (χ1v) is 10.5. The lowest BCUT2D eigenvalue weighted by molar-refractivity contribution is 0.00991. The minimum atomic E-state index is 0.342. The van der Waals surface area contributed by atoms with Gasteiger partial charge in [-0.2, -0.15) is 0 Å². The number of guanidine groups is 1. The van der Waals surface area contributed by atoms with E-state index in [1.54, 1.807) is 14.2 Å². The van der Waals surface area contributed by atoms with Gasteiger partial charge in [0.25, 0.3) is 0 Å². The van der Waals surface area contributed by atoms with Crippen LogP contribution in [0.5, 0.6) is 5.75 Å². The van der Waals surface area contributed by atoms with Crippen LogP contribution >= 0.6 is 11.6 Å². The lowest BCUT2D eigenvalue weighted by Crippen LogP contribution is -2.47. The molecule has 28 heavy (non-hydrogen) atoms. The lowest BCUT2D eigenvalue weighted by atomic mass is 10.1. The summed E-state index contributed by atoms with van der Waals surface area (Å²) >= 11 is 6.33. The Morgan fingerprint density at radius 2 is 2.04 bits per heavy atom. The summed E-state index contributed by atoms with van der Waals surface area (Å²) in [6, 6.07) is 5.80. The maximum Gasteiger partial charge on any atom is 0.193 e. The van der Waals surface area contributed by atoms with Crippen LogP contribution in [0.1, 0.15) is 31.7 Å². The van der Waals surface area contributed by atoms with Gasteiger partial charge in [-0.25, -0.2) is 0 Å². The summed E-state index contributed by atoms with van der Waals surface area (Å²) in [6.07, 6.45) is 4.16. The molecule has 1 fully saturated rings. The van der Waals surface area contributed by atoms with Crippen LogP contribution in [0.4, 0.5) is 0 Å². The summed E-state index contributed by atoms with van der Waals surface area (Å²) < 4.78 is 16.2. The third-order valence-electron chi connectivity index (χ3n) is 4.83. The van der Waals surface area contributed by atoms with Crippen LogP contribution < -0.4 is 10.1 Å². The first-order chi connectivity index (χ1) is 13.7. The van der Waals surface area contributed by atoms with Crippen molar-refractivity contribution in [3.05, 3.63) is 28.8 Å². The Labute approximate surface area is 174 Å². The first-order valence-electron chi connectivity index (χ1n) is 10.1. The second kappa shape index (κ2) is 12.9. The van der Waals surface area contributed by atoms with E-state index < -0.39 is 0 Å². The van der Waals surface area contributed by atoms with Crippen molar-refractivity contribution in [1.82, 2.24) is 10.2 Å². The smallest absolute Gasteiger partial charge is 0.193 e. The van der Waals surface area contributed by atoms with Gasteiger partial charge in [-0.1, -0.05) is 17.7 Å². The van der Waals surface area contributed by atoms with Crippen LogP contribution in [0.25, 0.3) is 0 Å². The van der Waals surface area contributed by atoms with Crippen molar-refractivity contribution in [2.24, 2.45) is 4.99 Å². The molecule has 0 aromatic heterocycles. The highest BCUT2D eigenvalue weighted by Gasteiger charge is 2.21. The average molecular weight is 412 g/mol. The van der Waals surface area contributed by atoms with Crippen LogP contribution in [0.2, 0.25) is 5.02 Å². The summed E-state index contributed by atoms with van der Waals surface area (Å²) in [7, 11) is 3.37. The fourth-order valence-corrected chi connectivity index (χ4v) is 3.52. The number of halogens is 1. The molecule has 1 heterocycles. The third kappa shape index (κ3) is 7.49. The number of benzene rings is 1. The number of methoxy groups -OCH3 is 2. The van der Waals surface area contributed by atoms with E-state index in [0.717, 1.165) is 80.8 Å². The third-order valence-corrected chi connectivity index (χ3v) is 5.18. The Hall–Kier alpha value is -1.50. The van der Waals surface area contributed by atoms with E-state index in [0.29, 0.717) is 12.6 Å². The molecule has 1 aliphatic heterocycles. The zero-order chi connectivity index (χ0) is 20.2. The van der Waals surface area contributed by atoms with Gasteiger partial charge in [0, 0.05) is 51.5 Å². The number of ether oxygens (including phenoxy) is 3. The summed E-state index contributed by atoms with van der Waals surface area (Å²) in [5, 5.41) is 4.14. The van der Waals surface area contributed by atoms with Gasteiger partial charge in [0.05, 0.1) is 13.2 Å². The van der Waals surface area contributed by atoms with E-state index in [1.807, 2.05) is 18.2 Å². The van der Waals surface area contributed by atoms with Crippen LogP contribution in [0.15, 0.2) is 23.2 Å². The Balaban J connectivity index is 1.82. The van der Waals surface area contributed by atoms with E-state index in [-0.39, 0.29) is 0 Å². The molecule has 0 unspecified atom stereocenters. The molecular weight excluding hydrogens is 378 g/mol. The van der Waals surface area contributed by atoms with Crippen molar-refractivity contribution in [3.8, 4) is 5.75 Å². The number of nitrogens with one attached hydrogen (secondary N) is 1. The van der Waals surface area contributed by atoms with Gasteiger partial charge in [-0.15, -0.1) is 0 Å². The summed E-state index contributed by atoms with van der Waals surface area (Å²) in [6.45, 7) is 7.11. The van der Waals surface area contributed by atoms with E-state index in [4.69, 9.17) is 30.8 Å². The van der Waals surface area contributed by atoms with Gasteiger partial charge < -0.3 is 24.4 Å². The van der Waals surface area contributed by atoms with E-state index >= 15 is 0 Å². The highest BCUT2D eigenvalue weighted by atomic mass is 35.5. The summed E-state index contributed by atoms with van der Waals surface area (Å²) in [4.78, 5) is 7.14. The highest BCUT2D eigenvalue weighted by molar-refractivity contribution is 6.31. The maximum atomic E-state index is 6.33. The molecule has 0 amide bonds. The number of piperidine rings is 1. The Morgan fingerprint density at radius 3 is 2.68 bits per heavy atom. The molecule has 0 spiro atoms. The quantitative estimate of drug-likeness (QED) is 0.363. The zero-order valence-corrected chi connectivity index (χ0v) is 18.1. The molecule has 0 aliphatic carbocycles. The number of hydrogen-bond acceptors (Lipinski definition) is 4. The first kappa shape index (κ1) is 22.8. The van der Waals surface area contributed by atoms with Crippen molar-refractivity contribution in [2.75, 3.05) is 53.6 Å². The van der Waals surface area contributed by atoms with Gasteiger partial charge >= 0.3 is 0 Å². The van der Waals surface area contributed by atoms with Crippen LogP contribution in [0, 0.1) is 0 Å². The van der Waals surface area contributed by atoms with Crippen LogP contribution in [-0.4, -0.2) is 70.6 Å². The SMILES string of the molecule is CCNC(=NCCc1ccc(OC)cc1Cl)N1CCC(OCCCOC)CC1. The second-order valence-electron chi connectivity index (χ2n) is 6.85. The van der Waals surface area contributed by atoms with Gasteiger partial charge in [0.15, 0.2) is 5.96 Å². The number of hydrogen-bond donors (Lipinski definition) is 1. The monoisotopic (exact) mass is 411 g/mol. The fourth-order valence-electron chi connectivity index (χ4n) is 3.25. The molecule has 6 nitrogen and oxygen atoms in total. The Morgan fingerprint density at radius 1 is 1.25 bits per heavy atom. The van der Waals surface area contributed by atoms with Crippen molar-refractivity contribution in [1.29, 1.82) is 0 Å². The molecule has 1 saturated heterocycles. The highest BCUT2D eigenvalue weighted by Crippen LogP contribution is 2.22. The minimum absolute atomic E-state index is 0.342. The fraction of sp³-hybridized carbons (Fsp3) is 0.667. The molecule has 0 saturated carbocycles. The standard InChI is InChI=1S/C21H34ClN3O3/c1-4-23-21(24-11-8-17-6-7-19(27-3)16-20(17)22)25-12-9-18(10-13-25)28-15-5-14-26-2/h6-7,16,18H,4-5,8-15H2,1-3H3,(H,23,24). The van der Waals surface area contributed by atoms with Crippen molar-refractivity contribution < 1.29 is 14.2 Å². The predicted molar refractivity (Wildman–Crippen MR) is 115 cm³/mol. The number of nitrogens with zero attached hydrogens (tertiary/aromatic N) is 2. The molecular formula is C21H34ClN3O3. The summed E-state index contributed by atoms with van der Waals surface area (Å²) in [5.41, 5.74) is 1.09. The second-order valence-corrected chi connectivity index (χ2v) is 7.25. The topological polar surface area (TPSA) is 55.3 Å². The maximum absolute atomic E-state index is 6.33. The minimum Gasteiger partial charge on any atom is -0.497 e. The van der Waals surface area contributed by atoms with Crippen molar-refractivity contribution >= 4 is 17.6 Å². The van der Waals surface area contributed by atoms with E-state index in [1.165, 1.54) is 0 Å². The normalized spacial score (nSPS) is 15.7. The molecule has 0 atom stereocenters. The van der Waals surface area contributed by atoms with E-state index in [2.05, 4.69) is 17.1 Å². The molecule has 1 aromatic rings. The molecule has 158 valence electrons. The van der Waals surface area contributed by atoms with Crippen LogP contribution in [0.3, 0.4) is 0 Å². The molecule has 0 radical (unpaired) electrons. The zero-order valence-electron chi connectivity index (χ0n) is 17.4. The molecule has 0 bridgehead atoms. The van der Waals surface area contributed by atoms with Crippen molar-refractivity contribution in [3.63, 3.8) is 0 Å². The molecule has 7 heteroatoms. The Kier molecular flexibility index (Phi) is 10.5. The van der Waals surface area contributed by atoms with Gasteiger partial charge in [-0.05, 0) is 50.3 Å². The average Bonchev–Trinajstić information content (AvgIpc) is 2.72. The van der Waals surface area contributed by atoms with Crippen molar-refractivity contribution in [2.45, 2.75) is 38.7 Å². The van der Waals surface area contributed by atoms with Gasteiger partial charge in [0.1, 0.15) is 5.75 Å². The molecule has 1 N–H and O–H groups in total. The molecule has 2 rings (SSSR count). The number of rotatable bonds is 10. The lowest BCUT2D eigenvalue weighted by Gasteiger charge is -2.34. The number of aliphatic imine (C=N–C) groups is 1. The summed E-state index contributed by atoms with van der Waals surface area (Å²) in [5.74, 6) is 1.75. The van der Waals surface area contributed by atoms with Gasteiger partial charge in [0.2, 0.25) is 0 Å². The largest absolute Gasteiger partial charge is 0.497 e.